The standard InChI is InChI=1S/C23H21N3O5S/c1-4-31-17-11-7-15(8-12-17)20(27)18-19(14-5-9-16(30-3)10-6-14)26(22(29)21(18)28)23-25-24-13(2)32-23/h5-12,19,27H,4H2,1-3H3/t19-/m0/s1. The molecule has 0 unspecified atom stereocenters. The normalized spacial score (nSPS) is 17.6. The van der Waals surface area contributed by atoms with Crippen LogP contribution in [-0.4, -0.2) is 40.7 Å². The third kappa shape index (κ3) is 3.82. The number of aryl methyl sites for hydroxylation is 1. The molecule has 0 saturated carbocycles. The SMILES string of the molecule is CCOc1ccc(C(O)=C2C(=O)C(=O)N(c3nnc(C)s3)[C@H]2c2ccc(OC)cc2)cc1. The average molecular weight is 452 g/mol. The van der Waals surface area contributed by atoms with Gasteiger partial charge < -0.3 is 14.6 Å². The van der Waals surface area contributed by atoms with Crippen molar-refractivity contribution >= 4 is 33.9 Å². The zero-order chi connectivity index (χ0) is 22.8. The number of rotatable bonds is 6. The van der Waals surface area contributed by atoms with Crippen LogP contribution in [0, 0.1) is 6.92 Å². The number of aliphatic hydroxyl groups is 1. The number of carbonyl (C=O) groups excluding carboxylic acids is 2. The van der Waals surface area contributed by atoms with Gasteiger partial charge in [0.1, 0.15) is 22.3 Å². The summed E-state index contributed by atoms with van der Waals surface area (Å²) in [5.74, 6) is -0.556. The zero-order valence-electron chi connectivity index (χ0n) is 17.7. The van der Waals surface area contributed by atoms with E-state index in [0.29, 0.717) is 34.2 Å². The largest absolute Gasteiger partial charge is 0.507 e. The van der Waals surface area contributed by atoms with E-state index in [4.69, 9.17) is 9.47 Å². The first-order chi connectivity index (χ1) is 15.4. The van der Waals surface area contributed by atoms with E-state index in [1.54, 1.807) is 62.6 Å². The Morgan fingerprint density at radius 2 is 1.72 bits per heavy atom. The molecule has 1 fully saturated rings. The number of aromatic nitrogens is 2. The zero-order valence-corrected chi connectivity index (χ0v) is 18.5. The maximum atomic E-state index is 13.1. The van der Waals surface area contributed by atoms with Crippen LogP contribution < -0.4 is 14.4 Å². The molecule has 1 amide bonds. The van der Waals surface area contributed by atoms with Gasteiger partial charge in [-0.1, -0.05) is 23.5 Å². The van der Waals surface area contributed by atoms with Crippen LogP contribution in [0.1, 0.15) is 29.1 Å². The maximum Gasteiger partial charge on any atom is 0.301 e. The van der Waals surface area contributed by atoms with Crippen LogP contribution in [0.25, 0.3) is 5.76 Å². The van der Waals surface area contributed by atoms with Gasteiger partial charge in [-0.15, -0.1) is 10.2 Å². The van der Waals surface area contributed by atoms with Gasteiger partial charge in [0.05, 0.1) is 25.3 Å². The maximum absolute atomic E-state index is 13.1. The van der Waals surface area contributed by atoms with E-state index in [1.807, 2.05) is 6.92 Å². The highest BCUT2D eigenvalue weighted by atomic mass is 32.1. The number of anilines is 1. The summed E-state index contributed by atoms with van der Waals surface area (Å²) >= 11 is 1.20. The number of aliphatic hydroxyl groups excluding tert-OH is 1. The van der Waals surface area contributed by atoms with Crippen molar-refractivity contribution in [3.63, 3.8) is 0 Å². The van der Waals surface area contributed by atoms with Crippen LogP contribution in [0.5, 0.6) is 11.5 Å². The van der Waals surface area contributed by atoms with Gasteiger partial charge in [0.2, 0.25) is 5.13 Å². The molecule has 32 heavy (non-hydrogen) atoms. The number of ether oxygens (including phenoxy) is 2. The number of benzene rings is 2. The number of nitrogens with zero attached hydrogens (tertiary/aromatic N) is 3. The predicted molar refractivity (Wildman–Crippen MR) is 120 cm³/mol. The molecule has 2 heterocycles. The van der Waals surface area contributed by atoms with Crippen LogP contribution in [-0.2, 0) is 9.59 Å². The molecule has 0 radical (unpaired) electrons. The van der Waals surface area contributed by atoms with Gasteiger partial charge in [0, 0.05) is 5.56 Å². The molecule has 0 bridgehead atoms. The van der Waals surface area contributed by atoms with Gasteiger partial charge in [0.25, 0.3) is 5.78 Å². The molecule has 3 aromatic rings. The van der Waals surface area contributed by atoms with Crippen molar-refractivity contribution in [2.24, 2.45) is 0 Å². The van der Waals surface area contributed by atoms with Crippen molar-refractivity contribution in [3.8, 4) is 11.5 Å². The Labute approximate surface area is 188 Å². The minimum Gasteiger partial charge on any atom is -0.507 e. The second kappa shape index (κ2) is 8.80. The topological polar surface area (TPSA) is 102 Å². The second-order valence-corrected chi connectivity index (χ2v) is 8.16. The second-order valence-electron chi connectivity index (χ2n) is 7.00. The van der Waals surface area contributed by atoms with E-state index < -0.39 is 17.7 Å². The number of Topliss-reactive ketones (excluding diaryl/α,β-unsaturated/α-hetero) is 1. The van der Waals surface area contributed by atoms with Gasteiger partial charge in [0.15, 0.2) is 0 Å². The van der Waals surface area contributed by atoms with Gasteiger partial charge in [-0.3, -0.25) is 14.5 Å². The number of amides is 1. The summed E-state index contributed by atoms with van der Waals surface area (Å²) in [6.45, 7) is 4.15. The Morgan fingerprint density at radius 1 is 1.06 bits per heavy atom. The van der Waals surface area contributed by atoms with E-state index in [9.17, 15) is 14.7 Å². The lowest BCUT2D eigenvalue weighted by molar-refractivity contribution is -0.132. The van der Waals surface area contributed by atoms with Crippen LogP contribution in [0.15, 0.2) is 54.1 Å². The fourth-order valence-corrected chi connectivity index (χ4v) is 4.26. The highest BCUT2D eigenvalue weighted by molar-refractivity contribution is 7.15. The molecule has 1 aromatic heterocycles. The minimum absolute atomic E-state index is 0.0165. The fourth-order valence-electron chi connectivity index (χ4n) is 3.55. The van der Waals surface area contributed by atoms with E-state index in [1.165, 1.54) is 16.2 Å². The van der Waals surface area contributed by atoms with Crippen LogP contribution >= 0.6 is 11.3 Å². The van der Waals surface area contributed by atoms with Crippen molar-refractivity contribution in [2.45, 2.75) is 19.9 Å². The Morgan fingerprint density at radius 3 is 2.28 bits per heavy atom. The molecule has 164 valence electrons. The molecule has 8 nitrogen and oxygen atoms in total. The van der Waals surface area contributed by atoms with Crippen molar-refractivity contribution in [1.82, 2.24) is 10.2 Å². The number of ketones is 1. The average Bonchev–Trinajstić information content (AvgIpc) is 3.34. The Balaban J connectivity index is 1.86. The smallest absolute Gasteiger partial charge is 0.301 e. The highest BCUT2D eigenvalue weighted by Gasteiger charge is 2.48. The molecule has 1 aliphatic rings. The van der Waals surface area contributed by atoms with Crippen molar-refractivity contribution in [2.75, 3.05) is 18.6 Å². The van der Waals surface area contributed by atoms with E-state index >= 15 is 0 Å². The quantitative estimate of drug-likeness (QED) is 0.345. The molecule has 1 saturated heterocycles. The first-order valence-corrected chi connectivity index (χ1v) is 10.7. The molecule has 1 aliphatic heterocycles. The molecule has 1 N–H and O–H groups in total. The van der Waals surface area contributed by atoms with Crippen molar-refractivity contribution in [1.29, 1.82) is 0 Å². The van der Waals surface area contributed by atoms with Gasteiger partial charge in [-0.05, 0) is 55.8 Å². The molecule has 4 rings (SSSR count). The molecule has 2 aromatic carbocycles. The summed E-state index contributed by atoms with van der Waals surface area (Å²) in [5.41, 5.74) is 1.01. The molecule has 0 aliphatic carbocycles. The van der Waals surface area contributed by atoms with Crippen LogP contribution in [0.4, 0.5) is 5.13 Å². The first-order valence-electron chi connectivity index (χ1n) is 9.93. The van der Waals surface area contributed by atoms with Crippen LogP contribution in [0.2, 0.25) is 0 Å². The summed E-state index contributed by atoms with van der Waals surface area (Å²) in [6.07, 6.45) is 0. The monoisotopic (exact) mass is 451 g/mol. The first kappa shape index (κ1) is 21.5. The third-order valence-electron chi connectivity index (χ3n) is 5.04. The molecular weight excluding hydrogens is 430 g/mol. The Kier molecular flexibility index (Phi) is 5.91. The summed E-state index contributed by atoms with van der Waals surface area (Å²) in [4.78, 5) is 27.4. The summed E-state index contributed by atoms with van der Waals surface area (Å²) in [7, 11) is 1.55. The van der Waals surface area contributed by atoms with Crippen LogP contribution in [0.3, 0.4) is 0 Å². The lowest BCUT2D eigenvalue weighted by Crippen LogP contribution is -2.29. The lowest BCUT2D eigenvalue weighted by Gasteiger charge is -2.22. The fraction of sp³-hybridized carbons (Fsp3) is 0.217. The Hall–Kier alpha value is -3.72. The van der Waals surface area contributed by atoms with Gasteiger partial charge in [-0.2, -0.15) is 0 Å². The summed E-state index contributed by atoms with van der Waals surface area (Å²) in [6, 6.07) is 12.8. The molecule has 0 spiro atoms. The van der Waals surface area contributed by atoms with E-state index in [-0.39, 0.29) is 16.5 Å². The number of hydrogen-bond acceptors (Lipinski definition) is 8. The minimum atomic E-state index is -0.861. The number of hydrogen-bond donors (Lipinski definition) is 1. The molecular formula is C23H21N3O5S. The van der Waals surface area contributed by atoms with Gasteiger partial charge >= 0.3 is 5.91 Å². The van der Waals surface area contributed by atoms with E-state index in [0.717, 1.165) is 0 Å². The van der Waals surface area contributed by atoms with E-state index in [2.05, 4.69) is 10.2 Å². The molecule has 9 heteroatoms. The summed E-state index contributed by atoms with van der Waals surface area (Å²) < 4.78 is 10.7. The van der Waals surface area contributed by atoms with Crippen molar-refractivity contribution < 1.29 is 24.2 Å². The summed E-state index contributed by atoms with van der Waals surface area (Å²) in [5, 5.41) is 20.1. The molecule has 1 atom stereocenters. The highest BCUT2D eigenvalue weighted by Crippen LogP contribution is 2.43. The third-order valence-corrected chi connectivity index (χ3v) is 5.87. The predicted octanol–water partition coefficient (Wildman–Crippen LogP) is 3.88. The number of carbonyl (C=O) groups is 2. The van der Waals surface area contributed by atoms with Crippen molar-refractivity contribution in [3.05, 3.63) is 70.2 Å². The van der Waals surface area contributed by atoms with Gasteiger partial charge in [-0.25, -0.2) is 0 Å². The number of methoxy groups -OCH3 is 1. The lowest BCUT2D eigenvalue weighted by atomic mass is 9.95. The Bertz CT molecular complexity index is 1190.